The van der Waals surface area contributed by atoms with Gasteiger partial charge in [-0.3, -0.25) is 0 Å². The molecule has 88 valence electrons. The molecule has 0 aliphatic rings. The largest absolute Gasteiger partial charge is 0.240 e. The van der Waals surface area contributed by atoms with Crippen LogP contribution in [0.4, 0.5) is 4.39 Å². The third-order valence-corrected chi connectivity index (χ3v) is 3.41. The number of alkyl halides is 1. The number of hydrogen-bond acceptors (Lipinski definition) is 3. The molecule has 1 heterocycles. The molecule has 0 saturated heterocycles. The zero-order valence-electron chi connectivity index (χ0n) is 8.94. The van der Waals surface area contributed by atoms with Gasteiger partial charge in [0.05, 0.1) is 11.6 Å². The van der Waals surface area contributed by atoms with Crippen LogP contribution in [0.1, 0.15) is 11.4 Å². The molecule has 0 spiro atoms. The number of benzene rings is 1. The van der Waals surface area contributed by atoms with Crippen molar-refractivity contribution in [1.29, 1.82) is 0 Å². The zero-order valence-corrected chi connectivity index (χ0v) is 10.5. The summed E-state index contributed by atoms with van der Waals surface area (Å²) in [5.41, 5.74) is 0.905. The number of nitrogens with zero attached hydrogens (tertiary/aromatic N) is 2. The summed E-state index contributed by atoms with van der Waals surface area (Å²) >= 11 is 7.22. The molecular weight excluding hydrogens is 259 g/mol. The fourth-order valence-electron chi connectivity index (χ4n) is 1.20. The molecule has 2 rings (SSSR count). The fraction of sp³-hybridized carbons (Fsp3) is 0.167. The average Bonchev–Trinajstić information content (AvgIpc) is 2.39. The summed E-state index contributed by atoms with van der Waals surface area (Å²) in [5.74, 6) is 1.60. The van der Waals surface area contributed by atoms with Crippen molar-refractivity contribution in [3.63, 3.8) is 0 Å². The molecule has 0 saturated carbocycles. The molecule has 2 aromatic rings. The number of hydrogen-bond donors (Lipinski definition) is 0. The summed E-state index contributed by atoms with van der Waals surface area (Å²) in [5, 5.41) is 0. The van der Waals surface area contributed by atoms with Crippen molar-refractivity contribution in [2.45, 2.75) is 16.5 Å². The SMILES string of the molecule is Fc1ccc(SCc2ncc(CCl)cn2)cc1. The maximum Gasteiger partial charge on any atom is 0.138 e. The second-order valence-electron chi connectivity index (χ2n) is 3.38. The third kappa shape index (κ3) is 3.68. The Balaban J connectivity index is 1.95. The van der Waals surface area contributed by atoms with Gasteiger partial charge in [0.25, 0.3) is 0 Å². The van der Waals surface area contributed by atoms with E-state index in [4.69, 9.17) is 11.6 Å². The second-order valence-corrected chi connectivity index (χ2v) is 4.70. The van der Waals surface area contributed by atoms with Crippen LogP contribution in [0.15, 0.2) is 41.6 Å². The first-order valence-electron chi connectivity index (χ1n) is 5.02. The van der Waals surface area contributed by atoms with Crippen molar-refractivity contribution in [3.05, 3.63) is 53.9 Å². The molecule has 0 aliphatic carbocycles. The van der Waals surface area contributed by atoms with Crippen LogP contribution in [-0.2, 0) is 11.6 Å². The van der Waals surface area contributed by atoms with E-state index < -0.39 is 0 Å². The fourth-order valence-corrected chi connectivity index (χ4v) is 2.12. The molecule has 0 N–H and O–H groups in total. The minimum absolute atomic E-state index is 0.225. The van der Waals surface area contributed by atoms with Crippen molar-refractivity contribution < 1.29 is 4.39 Å². The normalized spacial score (nSPS) is 10.5. The quantitative estimate of drug-likeness (QED) is 0.625. The summed E-state index contributed by atoms with van der Waals surface area (Å²) in [4.78, 5) is 9.38. The molecule has 2 nitrogen and oxygen atoms in total. The maximum atomic E-state index is 12.7. The lowest BCUT2D eigenvalue weighted by molar-refractivity contribution is 0.626. The molecule has 0 atom stereocenters. The van der Waals surface area contributed by atoms with Crippen LogP contribution in [0.2, 0.25) is 0 Å². The van der Waals surface area contributed by atoms with E-state index in [2.05, 4.69) is 9.97 Å². The summed E-state index contributed by atoms with van der Waals surface area (Å²) < 4.78 is 12.7. The third-order valence-electron chi connectivity index (χ3n) is 2.09. The Labute approximate surface area is 108 Å². The highest BCUT2D eigenvalue weighted by molar-refractivity contribution is 7.98. The van der Waals surface area contributed by atoms with Gasteiger partial charge in [0.2, 0.25) is 0 Å². The smallest absolute Gasteiger partial charge is 0.138 e. The van der Waals surface area contributed by atoms with Crippen LogP contribution in [0.5, 0.6) is 0 Å². The number of thioether (sulfide) groups is 1. The first kappa shape index (κ1) is 12.3. The Kier molecular flexibility index (Phi) is 4.34. The Morgan fingerprint density at radius 3 is 2.35 bits per heavy atom. The molecular formula is C12H10ClFN2S. The summed E-state index contributed by atoms with van der Waals surface area (Å²) in [6, 6.07) is 6.37. The van der Waals surface area contributed by atoms with Gasteiger partial charge in [0, 0.05) is 22.9 Å². The Hall–Kier alpha value is -1.13. The van der Waals surface area contributed by atoms with E-state index in [1.165, 1.54) is 12.1 Å². The lowest BCUT2D eigenvalue weighted by Gasteiger charge is -2.01. The van der Waals surface area contributed by atoms with E-state index >= 15 is 0 Å². The number of halogens is 2. The summed E-state index contributed by atoms with van der Waals surface area (Å²) in [6.07, 6.45) is 3.45. The van der Waals surface area contributed by atoms with Crippen LogP contribution in [0.25, 0.3) is 0 Å². The van der Waals surface area contributed by atoms with E-state index in [1.807, 2.05) is 0 Å². The maximum absolute atomic E-state index is 12.7. The molecule has 5 heteroatoms. The van der Waals surface area contributed by atoms with Gasteiger partial charge in [-0.25, -0.2) is 14.4 Å². The molecule has 17 heavy (non-hydrogen) atoms. The molecule has 0 amide bonds. The van der Waals surface area contributed by atoms with E-state index in [-0.39, 0.29) is 5.82 Å². The lowest BCUT2D eigenvalue weighted by Crippen LogP contribution is -1.93. The zero-order chi connectivity index (χ0) is 12.1. The van der Waals surface area contributed by atoms with Crippen LogP contribution < -0.4 is 0 Å². The van der Waals surface area contributed by atoms with Crippen LogP contribution in [-0.4, -0.2) is 9.97 Å². The molecule has 1 aromatic heterocycles. The van der Waals surface area contributed by atoms with Crippen LogP contribution >= 0.6 is 23.4 Å². The Bertz CT molecular complexity index is 473. The van der Waals surface area contributed by atoms with Crippen molar-refractivity contribution in [1.82, 2.24) is 9.97 Å². The van der Waals surface area contributed by atoms with E-state index in [1.54, 1.807) is 36.3 Å². The van der Waals surface area contributed by atoms with E-state index in [0.29, 0.717) is 11.6 Å². The molecule has 0 fully saturated rings. The number of rotatable bonds is 4. The van der Waals surface area contributed by atoms with E-state index in [0.717, 1.165) is 16.3 Å². The standard InChI is InChI=1S/C12H10ClFN2S/c13-5-9-6-15-12(16-7-9)8-17-11-3-1-10(14)2-4-11/h1-4,6-7H,5,8H2. The first-order chi connectivity index (χ1) is 8.28. The summed E-state index contributed by atoms with van der Waals surface area (Å²) in [6.45, 7) is 0. The van der Waals surface area contributed by atoms with Crippen molar-refractivity contribution in [2.75, 3.05) is 0 Å². The Morgan fingerprint density at radius 1 is 1.12 bits per heavy atom. The predicted molar refractivity (Wildman–Crippen MR) is 67.6 cm³/mol. The number of aromatic nitrogens is 2. The van der Waals surface area contributed by atoms with Gasteiger partial charge < -0.3 is 0 Å². The van der Waals surface area contributed by atoms with Gasteiger partial charge in [-0.2, -0.15) is 0 Å². The van der Waals surface area contributed by atoms with Gasteiger partial charge >= 0.3 is 0 Å². The minimum atomic E-state index is -0.225. The molecule has 0 aliphatic heterocycles. The molecule has 0 unspecified atom stereocenters. The molecule has 0 bridgehead atoms. The lowest BCUT2D eigenvalue weighted by atomic mass is 10.4. The minimum Gasteiger partial charge on any atom is -0.240 e. The first-order valence-corrected chi connectivity index (χ1v) is 6.54. The van der Waals surface area contributed by atoms with Crippen LogP contribution in [0, 0.1) is 5.82 Å². The molecule has 1 aromatic carbocycles. The van der Waals surface area contributed by atoms with Gasteiger partial charge in [-0.05, 0) is 24.3 Å². The second kappa shape index (κ2) is 5.98. The van der Waals surface area contributed by atoms with E-state index in [9.17, 15) is 4.39 Å². The van der Waals surface area contributed by atoms with Crippen molar-refractivity contribution in [3.8, 4) is 0 Å². The highest BCUT2D eigenvalue weighted by atomic mass is 35.5. The van der Waals surface area contributed by atoms with Gasteiger partial charge in [-0.15, -0.1) is 23.4 Å². The predicted octanol–water partition coefficient (Wildman–Crippen LogP) is 3.65. The Morgan fingerprint density at radius 2 is 1.76 bits per heavy atom. The van der Waals surface area contributed by atoms with Crippen molar-refractivity contribution >= 4 is 23.4 Å². The van der Waals surface area contributed by atoms with Crippen molar-refractivity contribution in [2.24, 2.45) is 0 Å². The van der Waals surface area contributed by atoms with Gasteiger partial charge in [-0.1, -0.05) is 0 Å². The average molecular weight is 269 g/mol. The van der Waals surface area contributed by atoms with Crippen LogP contribution in [0.3, 0.4) is 0 Å². The van der Waals surface area contributed by atoms with Gasteiger partial charge in [0.15, 0.2) is 0 Å². The van der Waals surface area contributed by atoms with Gasteiger partial charge in [0.1, 0.15) is 11.6 Å². The topological polar surface area (TPSA) is 25.8 Å². The summed E-state index contributed by atoms with van der Waals surface area (Å²) in [7, 11) is 0. The highest BCUT2D eigenvalue weighted by Crippen LogP contribution is 2.21. The monoisotopic (exact) mass is 268 g/mol. The highest BCUT2D eigenvalue weighted by Gasteiger charge is 2.00. The molecule has 0 radical (unpaired) electrons.